The average Bonchev–Trinajstić information content (AvgIpc) is 2.50. The second kappa shape index (κ2) is 8.14. The minimum Gasteiger partial charge on any atom is -0.507 e. The van der Waals surface area contributed by atoms with Crippen LogP contribution in [0.5, 0.6) is 5.75 Å². The van der Waals surface area contributed by atoms with E-state index in [1.807, 2.05) is 53.7 Å². The fraction of sp³-hybridized carbons (Fsp3) is 0.591. The smallest absolute Gasteiger partial charge is 0.328 e. The van der Waals surface area contributed by atoms with Crippen LogP contribution in [-0.4, -0.2) is 30.3 Å². The van der Waals surface area contributed by atoms with Crippen LogP contribution in [0, 0.1) is 0 Å². The zero-order chi connectivity index (χ0) is 22.1. The van der Waals surface area contributed by atoms with Crippen LogP contribution in [0.1, 0.15) is 72.1 Å². The van der Waals surface area contributed by atoms with Crippen molar-refractivity contribution in [2.24, 2.45) is 0 Å². The number of benzene rings is 1. The molecular formula is C22H35O5P. The van der Waals surface area contributed by atoms with E-state index in [0.29, 0.717) is 5.75 Å². The average molecular weight is 410 g/mol. The second-order valence-corrected chi connectivity index (χ2v) is 11.8. The van der Waals surface area contributed by atoms with E-state index in [-0.39, 0.29) is 16.6 Å². The van der Waals surface area contributed by atoms with Crippen molar-refractivity contribution >= 4 is 19.5 Å². The lowest BCUT2D eigenvalue weighted by Crippen LogP contribution is -2.32. The van der Waals surface area contributed by atoms with Gasteiger partial charge in [-0.3, -0.25) is 13.9 Å². The number of carbonyl (C=O) groups is 1. The summed E-state index contributed by atoms with van der Waals surface area (Å²) in [5, 5.41) is 10.8. The van der Waals surface area contributed by atoms with Gasteiger partial charge in [0.15, 0.2) is 5.78 Å². The largest absolute Gasteiger partial charge is 0.507 e. The Morgan fingerprint density at radius 3 is 1.79 bits per heavy atom. The minimum absolute atomic E-state index is 0.256. The van der Waals surface area contributed by atoms with Crippen molar-refractivity contribution in [2.75, 3.05) is 13.8 Å². The Kier molecular flexibility index (Phi) is 7.15. The Morgan fingerprint density at radius 1 is 1.00 bits per heavy atom. The van der Waals surface area contributed by atoms with Crippen molar-refractivity contribution in [3.63, 3.8) is 0 Å². The summed E-state index contributed by atoms with van der Waals surface area (Å²) < 4.78 is 22.3. The van der Waals surface area contributed by atoms with Gasteiger partial charge >= 0.3 is 7.60 Å². The van der Waals surface area contributed by atoms with Crippen LogP contribution in [0.4, 0.5) is 0 Å². The van der Waals surface area contributed by atoms with E-state index in [2.05, 4.69) is 0 Å². The molecule has 0 aliphatic carbocycles. The van der Waals surface area contributed by atoms with E-state index in [1.165, 1.54) is 19.9 Å². The third kappa shape index (κ3) is 6.30. The first-order chi connectivity index (χ1) is 12.4. The van der Waals surface area contributed by atoms with Gasteiger partial charge in [0.2, 0.25) is 0 Å². The normalized spacial score (nSPS) is 15.6. The number of ketones is 1. The second-order valence-electron chi connectivity index (χ2n) is 9.72. The molecule has 0 spiro atoms. The van der Waals surface area contributed by atoms with Gasteiger partial charge in [-0.05, 0) is 48.4 Å². The monoisotopic (exact) mass is 410 g/mol. The summed E-state index contributed by atoms with van der Waals surface area (Å²) >= 11 is 0. The molecule has 5 nitrogen and oxygen atoms in total. The molecule has 1 aromatic rings. The summed E-state index contributed by atoms with van der Waals surface area (Å²) in [5.74, 6) is -0.0338. The molecule has 0 aliphatic rings. The predicted molar refractivity (Wildman–Crippen MR) is 115 cm³/mol. The Morgan fingerprint density at radius 2 is 1.43 bits per heavy atom. The summed E-state index contributed by atoms with van der Waals surface area (Å²) in [4.78, 5) is 12.6. The number of phenolic OH excluding ortho intramolecular Hbond substituents is 1. The van der Waals surface area contributed by atoms with E-state index < -0.39 is 13.2 Å². The minimum atomic E-state index is -3.30. The maximum atomic E-state index is 12.6. The first-order valence-corrected chi connectivity index (χ1v) is 11.3. The quantitative estimate of drug-likeness (QED) is 0.471. The Bertz CT molecular complexity index is 772. The topological polar surface area (TPSA) is 72.8 Å². The molecular weight excluding hydrogens is 375 g/mol. The molecule has 28 heavy (non-hydrogen) atoms. The van der Waals surface area contributed by atoms with Crippen molar-refractivity contribution in [1.29, 1.82) is 0 Å². The van der Waals surface area contributed by atoms with E-state index in [9.17, 15) is 14.5 Å². The van der Waals surface area contributed by atoms with Gasteiger partial charge < -0.3 is 9.63 Å². The van der Waals surface area contributed by atoms with Crippen LogP contribution in [0.25, 0.3) is 6.08 Å². The Balaban J connectivity index is 3.35. The highest BCUT2D eigenvalue weighted by atomic mass is 31.2. The van der Waals surface area contributed by atoms with Gasteiger partial charge in [0, 0.05) is 24.9 Å². The third-order valence-corrected chi connectivity index (χ3v) is 5.95. The van der Waals surface area contributed by atoms with E-state index in [0.717, 1.165) is 16.7 Å². The highest BCUT2D eigenvalue weighted by molar-refractivity contribution is 7.53. The molecule has 158 valence electrons. The first-order valence-electron chi connectivity index (χ1n) is 9.35. The summed E-state index contributed by atoms with van der Waals surface area (Å²) in [7, 11) is -2.01. The SMILES string of the molecule is COP(C)(=O)OC(C)(C)C(=O)C=Cc1cc(C(C)(C)C)c(O)c(C(C)(C)C)c1. The zero-order valence-corrected chi connectivity index (χ0v) is 19.7. The van der Waals surface area contributed by atoms with Crippen LogP contribution in [0.15, 0.2) is 18.2 Å². The molecule has 0 fully saturated rings. The van der Waals surface area contributed by atoms with Crippen molar-refractivity contribution in [2.45, 2.75) is 71.8 Å². The third-order valence-electron chi connectivity index (χ3n) is 4.49. The van der Waals surface area contributed by atoms with Crippen LogP contribution in [-0.2, 0) is 29.2 Å². The van der Waals surface area contributed by atoms with Crippen molar-refractivity contribution in [3.8, 4) is 5.75 Å². The highest BCUT2D eigenvalue weighted by Crippen LogP contribution is 2.47. The summed E-state index contributed by atoms with van der Waals surface area (Å²) in [6, 6.07) is 3.78. The van der Waals surface area contributed by atoms with Gasteiger partial charge in [0.25, 0.3) is 0 Å². The molecule has 1 aromatic carbocycles. The molecule has 1 unspecified atom stereocenters. The molecule has 0 heterocycles. The molecule has 1 rings (SSSR count). The molecule has 0 amide bonds. The van der Waals surface area contributed by atoms with Crippen molar-refractivity contribution in [3.05, 3.63) is 34.9 Å². The first kappa shape index (κ1) is 24.6. The lowest BCUT2D eigenvalue weighted by atomic mass is 9.78. The molecule has 0 aromatic heterocycles. The van der Waals surface area contributed by atoms with Gasteiger partial charge in [-0.2, -0.15) is 0 Å². The van der Waals surface area contributed by atoms with E-state index in [4.69, 9.17) is 9.05 Å². The Hall–Kier alpha value is -1.42. The highest BCUT2D eigenvalue weighted by Gasteiger charge is 2.34. The summed E-state index contributed by atoms with van der Waals surface area (Å²) in [6.07, 6.45) is 3.12. The molecule has 0 saturated carbocycles. The number of aromatic hydroxyl groups is 1. The summed E-state index contributed by atoms with van der Waals surface area (Å²) in [6.45, 7) is 16.7. The molecule has 0 bridgehead atoms. The standard InChI is InChI=1S/C22H35O5P/c1-20(2,3)16-13-15(14-17(19(16)24)21(4,5)6)11-12-18(23)22(7,8)27-28(10,25)26-9/h11-14,24H,1-10H3. The van der Waals surface area contributed by atoms with Crippen LogP contribution in [0.3, 0.4) is 0 Å². The number of hydrogen-bond donors (Lipinski definition) is 1. The number of phenols is 1. The summed E-state index contributed by atoms with van der Waals surface area (Å²) in [5.41, 5.74) is 0.650. The lowest BCUT2D eigenvalue weighted by molar-refractivity contribution is -0.127. The fourth-order valence-corrected chi connectivity index (χ4v) is 3.76. The van der Waals surface area contributed by atoms with Crippen LogP contribution < -0.4 is 0 Å². The number of hydrogen-bond acceptors (Lipinski definition) is 5. The van der Waals surface area contributed by atoms with E-state index >= 15 is 0 Å². The van der Waals surface area contributed by atoms with Crippen molar-refractivity contribution in [1.82, 2.24) is 0 Å². The number of carbonyl (C=O) groups excluding carboxylic acids is 1. The lowest BCUT2D eigenvalue weighted by Gasteiger charge is -2.28. The molecule has 0 radical (unpaired) electrons. The van der Waals surface area contributed by atoms with Crippen molar-refractivity contribution < 1.29 is 23.5 Å². The molecule has 6 heteroatoms. The van der Waals surface area contributed by atoms with Gasteiger partial charge in [0.1, 0.15) is 11.4 Å². The van der Waals surface area contributed by atoms with Crippen LogP contribution in [0.2, 0.25) is 0 Å². The van der Waals surface area contributed by atoms with E-state index in [1.54, 1.807) is 19.9 Å². The zero-order valence-electron chi connectivity index (χ0n) is 18.8. The predicted octanol–water partition coefficient (Wildman–Crippen LogP) is 5.83. The Labute approximate surface area is 169 Å². The molecule has 0 saturated heterocycles. The maximum Gasteiger partial charge on any atom is 0.328 e. The maximum absolute atomic E-state index is 12.6. The van der Waals surface area contributed by atoms with Gasteiger partial charge in [0.05, 0.1) is 0 Å². The number of rotatable bonds is 6. The molecule has 1 atom stereocenters. The van der Waals surface area contributed by atoms with Gasteiger partial charge in [-0.25, -0.2) is 0 Å². The van der Waals surface area contributed by atoms with Gasteiger partial charge in [-0.15, -0.1) is 0 Å². The fourth-order valence-electron chi connectivity index (χ4n) is 2.77. The van der Waals surface area contributed by atoms with Gasteiger partial charge in [-0.1, -0.05) is 47.6 Å². The van der Waals surface area contributed by atoms with Crippen LogP contribution >= 0.6 is 7.60 Å². The molecule has 1 N–H and O–H groups in total. The molecule has 0 aliphatic heterocycles.